The molecule has 0 aliphatic heterocycles. The summed E-state index contributed by atoms with van der Waals surface area (Å²) in [5, 5.41) is 0. The molecule has 0 atom stereocenters. The Balaban J connectivity index is 2.73. The third kappa shape index (κ3) is 4.48. The second kappa shape index (κ2) is 4.81. The standard InChI is InChI=1S/C10H18N4S/c1-7-5-8(14-11)13-9(12-7)6-15-10(2,3)4/h5H,6,11H2,1-4H3,(H,12,13,14). The Hall–Kier alpha value is -0.810. The highest BCUT2D eigenvalue weighted by molar-refractivity contribution is 7.99. The number of aromatic nitrogens is 2. The molecule has 0 aliphatic rings. The first-order chi connectivity index (χ1) is 6.90. The van der Waals surface area contributed by atoms with E-state index in [1.54, 1.807) is 0 Å². The molecule has 1 aromatic heterocycles. The lowest BCUT2D eigenvalue weighted by atomic mass is 10.3. The van der Waals surface area contributed by atoms with Crippen molar-refractivity contribution in [3.05, 3.63) is 17.6 Å². The number of nitrogens with two attached hydrogens (primary N) is 1. The van der Waals surface area contributed by atoms with E-state index in [2.05, 4.69) is 36.2 Å². The molecule has 0 aliphatic carbocycles. The molecule has 0 fully saturated rings. The molecule has 84 valence electrons. The number of aryl methyl sites for hydroxylation is 1. The van der Waals surface area contributed by atoms with E-state index in [0.29, 0.717) is 5.82 Å². The lowest BCUT2D eigenvalue weighted by Gasteiger charge is -2.16. The fourth-order valence-electron chi connectivity index (χ4n) is 1.05. The van der Waals surface area contributed by atoms with Gasteiger partial charge in [-0.1, -0.05) is 20.8 Å². The predicted octanol–water partition coefficient (Wildman–Crippen LogP) is 2.10. The van der Waals surface area contributed by atoms with Gasteiger partial charge in [0.2, 0.25) is 0 Å². The van der Waals surface area contributed by atoms with Gasteiger partial charge in [0.1, 0.15) is 11.6 Å². The van der Waals surface area contributed by atoms with Gasteiger partial charge >= 0.3 is 0 Å². The largest absolute Gasteiger partial charge is 0.308 e. The predicted molar refractivity (Wildman–Crippen MR) is 65.6 cm³/mol. The molecule has 5 heteroatoms. The zero-order chi connectivity index (χ0) is 11.5. The minimum atomic E-state index is 0.226. The van der Waals surface area contributed by atoms with Crippen LogP contribution in [0, 0.1) is 6.92 Å². The lowest BCUT2D eigenvalue weighted by molar-refractivity contribution is 0.799. The fourth-order valence-corrected chi connectivity index (χ4v) is 1.74. The van der Waals surface area contributed by atoms with Gasteiger partial charge in [-0.2, -0.15) is 0 Å². The molecule has 0 radical (unpaired) electrons. The highest BCUT2D eigenvalue weighted by Gasteiger charge is 2.12. The lowest BCUT2D eigenvalue weighted by Crippen LogP contribution is -2.12. The molecule has 1 rings (SSSR count). The summed E-state index contributed by atoms with van der Waals surface area (Å²) in [6.45, 7) is 8.47. The average Bonchev–Trinajstić information content (AvgIpc) is 2.13. The molecule has 0 aromatic carbocycles. The number of rotatable bonds is 3. The summed E-state index contributed by atoms with van der Waals surface area (Å²) in [6, 6.07) is 1.82. The average molecular weight is 226 g/mol. The molecule has 0 saturated heterocycles. The van der Waals surface area contributed by atoms with E-state index in [-0.39, 0.29) is 4.75 Å². The van der Waals surface area contributed by atoms with Crippen molar-refractivity contribution in [2.75, 3.05) is 5.43 Å². The topological polar surface area (TPSA) is 63.8 Å². The molecule has 0 saturated carbocycles. The molecule has 0 unspecified atom stereocenters. The van der Waals surface area contributed by atoms with Crippen LogP contribution in [0.25, 0.3) is 0 Å². The third-order valence-electron chi connectivity index (χ3n) is 1.68. The molecule has 0 spiro atoms. The third-order valence-corrected chi connectivity index (χ3v) is 2.95. The molecule has 4 nitrogen and oxygen atoms in total. The van der Waals surface area contributed by atoms with Crippen LogP contribution in [0.2, 0.25) is 0 Å². The van der Waals surface area contributed by atoms with E-state index < -0.39 is 0 Å². The Kier molecular flexibility index (Phi) is 3.93. The van der Waals surface area contributed by atoms with E-state index in [1.807, 2.05) is 24.8 Å². The van der Waals surface area contributed by atoms with Crippen LogP contribution >= 0.6 is 11.8 Å². The molecule has 1 aromatic rings. The molecular formula is C10H18N4S. The second-order valence-corrected chi connectivity index (χ2v) is 6.16. The van der Waals surface area contributed by atoms with Gasteiger partial charge in [0.15, 0.2) is 0 Å². The number of anilines is 1. The van der Waals surface area contributed by atoms with Crippen LogP contribution in [0.15, 0.2) is 6.07 Å². The van der Waals surface area contributed by atoms with Gasteiger partial charge in [-0.25, -0.2) is 15.8 Å². The van der Waals surface area contributed by atoms with Gasteiger partial charge in [0, 0.05) is 16.5 Å². The van der Waals surface area contributed by atoms with Gasteiger partial charge in [-0.15, -0.1) is 11.8 Å². The molecule has 3 N–H and O–H groups in total. The first kappa shape index (κ1) is 12.3. The van der Waals surface area contributed by atoms with Crippen LogP contribution in [0.1, 0.15) is 32.3 Å². The summed E-state index contributed by atoms with van der Waals surface area (Å²) in [5.74, 6) is 7.62. The van der Waals surface area contributed by atoms with Gasteiger partial charge in [0.25, 0.3) is 0 Å². The maximum absolute atomic E-state index is 5.32. The molecular weight excluding hydrogens is 208 g/mol. The zero-order valence-electron chi connectivity index (χ0n) is 9.66. The summed E-state index contributed by atoms with van der Waals surface area (Å²) in [6.07, 6.45) is 0. The van der Waals surface area contributed by atoms with Crippen molar-refractivity contribution in [3.8, 4) is 0 Å². The van der Waals surface area contributed by atoms with Crippen LogP contribution in [0.4, 0.5) is 5.82 Å². The second-order valence-electron chi connectivity index (χ2n) is 4.36. The van der Waals surface area contributed by atoms with Crippen molar-refractivity contribution in [3.63, 3.8) is 0 Å². The summed E-state index contributed by atoms with van der Waals surface area (Å²) >= 11 is 1.82. The number of nitrogens with one attached hydrogen (secondary N) is 1. The van der Waals surface area contributed by atoms with Crippen LogP contribution in [0.5, 0.6) is 0 Å². The number of hydrogen-bond donors (Lipinski definition) is 2. The smallest absolute Gasteiger partial charge is 0.143 e. The Bertz CT molecular complexity index is 333. The number of hydrogen-bond acceptors (Lipinski definition) is 5. The molecule has 0 amide bonds. The Morgan fingerprint density at radius 2 is 2.07 bits per heavy atom. The molecule has 1 heterocycles. The number of nitrogen functional groups attached to an aromatic ring is 1. The van der Waals surface area contributed by atoms with E-state index in [9.17, 15) is 0 Å². The van der Waals surface area contributed by atoms with Crippen molar-refractivity contribution >= 4 is 17.6 Å². The first-order valence-corrected chi connectivity index (χ1v) is 5.84. The summed E-state index contributed by atoms with van der Waals surface area (Å²) in [5.41, 5.74) is 3.48. The number of hydrazine groups is 1. The van der Waals surface area contributed by atoms with Crippen molar-refractivity contribution in [1.29, 1.82) is 0 Å². The van der Waals surface area contributed by atoms with E-state index >= 15 is 0 Å². The maximum Gasteiger partial charge on any atom is 0.143 e. The molecule has 15 heavy (non-hydrogen) atoms. The van der Waals surface area contributed by atoms with Crippen LogP contribution in [-0.4, -0.2) is 14.7 Å². The van der Waals surface area contributed by atoms with Crippen LogP contribution in [0.3, 0.4) is 0 Å². The van der Waals surface area contributed by atoms with E-state index in [1.165, 1.54) is 0 Å². The van der Waals surface area contributed by atoms with Crippen molar-refractivity contribution in [2.45, 2.75) is 38.2 Å². The normalized spacial score (nSPS) is 11.5. The Labute approximate surface area is 95.0 Å². The zero-order valence-corrected chi connectivity index (χ0v) is 10.5. The van der Waals surface area contributed by atoms with E-state index in [0.717, 1.165) is 17.3 Å². The summed E-state index contributed by atoms with van der Waals surface area (Å²) in [4.78, 5) is 8.64. The highest BCUT2D eigenvalue weighted by atomic mass is 32.2. The van der Waals surface area contributed by atoms with Crippen molar-refractivity contribution in [2.24, 2.45) is 5.84 Å². The van der Waals surface area contributed by atoms with Gasteiger partial charge < -0.3 is 5.43 Å². The monoisotopic (exact) mass is 226 g/mol. The fraction of sp³-hybridized carbons (Fsp3) is 0.600. The van der Waals surface area contributed by atoms with Crippen LogP contribution in [-0.2, 0) is 5.75 Å². The minimum absolute atomic E-state index is 0.226. The number of thioether (sulfide) groups is 1. The highest BCUT2D eigenvalue weighted by Crippen LogP contribution is 2.26. The SMILES string of the molecule is Cc1cc(NN)nc(CSC(C)(C)C)n1. The van der Waals surface area contributed by atoms with Crippen molar-refractivity contribution in [1.82, 2.24) is 9.97 Å². The molecule has 0 bridgehead atoms. The van der Waals surface area contributed by atoms with Gasteiger partial charge in [0.05, 0.1) is 5.75 Å². The maximum atomic E-state index is 5.32. The first-order valence-electron chi connectivity index (χ1n) is 4.86. The number of nitrogens with zero attached hydrogens (tertiary/aromatic N) is 2. The Morgan fingerprint density at radius 1 is 1.40 bits per heavy atom. The minimum Gasteiger partial charge on any atom is -0.308 e. The quantitative estimate of drug-likeness (QED) is 0.610. The van der Waals surface area contributed by atoms with Crippen molar-refractivity contribution < 1.29 is 0 Å². The Morgan fingerprint density at radius 3 is 2.60 bits per heavy atom. The van der Waals surface area contributed by atoms with Gasteiger partial charge in [-0.3, -0.25) is 0 Å². The van der Waals surface area contributed by atoms with Gasteiger partial charge in [-0.05, 0) is 6.92 Å². The summed E-state index contributed by atoms with van der Waals surface area (Å²) in [7, 11) is 0. The van der Waals surface area contributed by atoms with Crippen LogP contribution < -0.4 is 11.3 Å². The van der Waals surface area contributed by atoms with E-state index in [4.69, 9.17) is 5.84 Å². The summed E-state index contributed by atoms with van der Waals surface area (Å²) < 4.78 is 0.226.